The lowest BCUT2D eigenvalue weighted by Gasteiger charge is -2.22. The molecule has 33 heavy (non-hydrogen) atoms. The van der Waals surface area contributed by atoms with Gasteiger partial charge in [-0.25, -0.2) is 4.90 Å². The van der Waals surface area contributed by atoms with Gasteiger partial charge in [0.15, 0.2) is 0 Å². The Balaban J connectivity index is 1.67. The molecule has 0 N–H and O–H groups in total. The average molecular weight is 439 g/mol. The summed E-state index contributed by atoms with van der Waals surface area (Å²) in [6, 6.07) is 21.3. The van der Waals surface area contributed by atoms with Crippen molar-refractivity contribution >= 4 is 28.8 Å². The summed E-state index contributed by atoms with van der Waals surface area (Å²) in [5.41, 5.74) is 6.27. The summed E-state index contributed by atoms with van der Waals surface area (Å²) in [5, 5.41) is 0. The van der Waals surface area contributed by atoms with Gasteiger partial charge >= 0.3 is 0 Å². The molecule has 0 atom stereocenters. The van der Waals surface area contributed by atoms with Crippen LogP contribution in [0.3, 0.4) is 0 Å². The van der Waals surface area contributed by atoms with Crippen molar-refractivity contribution in [2.45, 2.75) is 27.2 Å². The highest BCUT2D eigenvalue weighted by Gasteiger charge is 2.44. The maximum atomic E-state index is 13.9. The van der Waals surface area contributed by atoms with Crippen LogP contribution in [0.2, 0.25) is 0 Å². The van der Waals surface area contributed by atoms with Crippen LogP contribution in [0.5, 0.6) is 5.75 Å². The van der Waals surface area contributed by atoms with E-state index in [9.17, 15) is 9.59 Å². The highest BCUT2D eigenvalue weighted by atomic mass is 16.5. The molecule has 0 aliphatic carbocycles. The monoisotopic (exact) mass is 438 g/mol. The Hall–Kier alpha value is -3.86. The molecule has 2 heterocycles. The lowest BCUT2D eigenvalue weighted by Crippen LogP contribution is -2.35. The summed E-state index contributed by atoms with van der Waals surface area (Å²) in [7, 11) is 0. The first kappa shape index (κ1) is 21.0. The molecule has 0 fully saturated rings. The molecule has 0 aromatic heterocycles. The van der Waals surface area contributed by atoms with Crippen LogP contribution in [0.4, 0.5) is 11.4 Å². The molecule has 5 nitrogen and oxygen atoms in total. The van der Waals surface area contributed by atoms with E-state index in [1.54, 1.807) is 0 Å². The van der Waals surface area contributed by atoms with Crippen molar-refractivity contribution in [3.63, 3.8) is 0 Å². The number of rotatable bonds is 5. The number of ether oxygens (including phenoxy) is 1. The van der Waals surface area contributed by atoms with Crippen LogP contribution < -0.4 is 14.5 Å². The molecule has 0 unspecified atom stereocenters. The number of para-hydroxylation sites is 1. The molecule has 166 valence electrons. The molecule has 0 radical (unpaired) electrons. The lowest BCUT2D eigenvalue weighted by molar-refractivity contribution is -0.120. The second-order valence-electron chi connectivity index (χ2n) is 8.45. The van der Waals surface area contributed by atoms with Gasteiger partial charge < -0.3 is 9.64 Å². The van der Waals surface area contributed by atoms with Crippen LogP contribution in [-0.4, -0.2) is 25.0 Å². The molecule has 0 saturated carbocycles. The van der Waals surface area contributed by atoms with Gasteiger partial charge in [-0.3, -0.25) is 9.59 Å². The van der Waals surface area contributed by atoms with E-state index in [1.807, 2.05) is 86.3 Å². The van der Waals surface area contributed by atoms with E-state index in [-0.39, 0.29) is 11.8 Å². The number of aryl methyl sites for hydroxylation is 2. The third-order valence-corrected chi connectivity index (χ3v) is 6.28. The third-order valence-electron chi connectivity index (χ3n) is 6.28. The Morgan fingerprint density at radius 1 is 0.879 bits per heavy atom. The molecule has 0 saturated heterocycles. The summed E-state index contributed by atoms with van der Waals surface area (Å²) in [6.07, 6.45) is 0.834. The lowest BCUT2D eigenvalue weighted by atomic mass is 10.0. The summed E-state index contributed by atoms with van der Waals surface area (Å²) in [4.78, 5) is 31.1. The number of benzene rings is 3. The van der Waals surface area contributed by atoms with E-state index < -0.39 is 0 Å². The highest BCUT2D eigenvalue weighted by molar-refractivity contribution is 6.46. The van der Waals surface area contributed by atoms with Crippen LogP contribution in [0.15, 0.2) is 72.4 Å². The summed E-state index contributed by atoms with van der Waals surface area (Å²) in [6.45, 7) is 7.05. The molecule has 2 amide bonds. The van der Waals surface area contributed by atoms with Crippen molar-refractivity contribution < 1.29 is 14.3 Å². The second kappa shape index (κ2) is 8.24. The van der Waals surface area contributed by atoms with E-state index >= 15 is 0 Å². The number of hydrogen-bond acceptors (Lipinski definition) is 4. The first-order chi connectivity index (χ1) is 16.0. The fourth-order valence-electron chi connectivity index (χ4n) is 4.66. The van der Waals surface area contributed by atoms with Gasteiger partial charge in [0.1, 0.15) is 11.4 Å². The number of anilines is 2. The fourth-order valence-corrected chi connectivity index (χ4v) is 4.66. The Morgan fingerprint density at radius 3 is 2.39 bits per heavy atom. The minimum Gasteiger partial charge on any atom is -0.494 e. The SMILES string of the molecule is CCOc1ccc(C2=C(N3CCc4ccccc43)C(=O)N(c3cc(C)ccc3C)C2=O)cc1. The molecule has 0 bridgehead atoms. The zero-order valence-corrected chi connectivity index (χ0v) is 19.1. The number of imide groups is 1. The van der Waals surface area contributed by atoms with Gasteiger partial charge in [-0.2, -0.15) is 0 Å². The van der Waals surface area contributed by atoms with Crippen LogP contribution >= 0.6 is 0 Å². The molecule has 3 aromatic carbocycles. The van der Waals surface area contributed by atoms with Crippen molar-refractivity contribution in [3.05, 3.63) is 94.7 Å². The molecular weight excluding hydrogens is 412 g/mol. The summed E-state index contributed by atoms with van der Waals surface area (Å²) in [5.74, 6) is 0.157. The third kappa shape index (κ3) is 3.50. The maximum absolute atomic E-state index is 13.9. The number of fused-ring (bicyclic) bond motifs is 1. The summed E-state index contributed by atoms with van der Waals surface area (Å²) >= 11 is 0. The van der Waals surface area contributed by atoms with Crippen molar-refractivity contribution in [1.82, 2.24) is 0 Å². The van der Waals surface area contributed by atoms with Crippen LogP contribution in [0.1, 0.15) is 29.2 Å². The Morgan fingerprint density at radius 2 is 1.64 bits per heavy atom. The van der Waals surface area contributed by atoms with Crippen molar-refractivity contribution in [2.75, 3.05) is 23.0 Å². The minimum atomic E-state index is -0.294. The smallest absolute Gasteiger partial charge is 0.282 e. The number of hydrogen-bond donors (Lipinski definition) is 0. The highest BCUT2D eigenvalue weighted by Crippen LogP contribution is 2.41. The van der Waals surface area contributed by atoms with E-state index in [1.165, 1.54) is 10.5 Å². The number of amides is 2. The largest absolute Gasteiger partial charge is 0.494 e. The van der Waals surface area contributed by atoms with Crippen LogP contribution in [-0.2, 0) is 16.0 Å². The standard InChI is InChI=1S/C28H26N2O3/c1-4-33-22-13-11-21(12-14-22)25-26(29-16-15-20-7-5-6-8-23(20)29)28(32)30(27(25)31)24-17-18(2)9-10-19(24)3/h5-14,17H,4,15-16H2,1-3H3. The van der Waals surface area contributed by atoms with E-state index in [0.717, 1.165) is 29.0 Å². The Bertz CT molecular complexity index is 1290. The molecule has 5 rings (SSSR count). The van der Waals surface area contributed by atoms with Gasteiger partial charge in [0.25, 0.3) is 11.8 Å². The predicted molar refractivity (Wildman–Crippen MR) is 130 cm³/mol. The quantitative estimate of drug-likeness (QED) is 0.523. The summed E-state index contributed by atoms with van der Waals surface area (Å²) < 4.78 is 5.58. The predicted octanol–water partition coefficient (Wildman–Crippen LogP) is 5.05. The number of nitrogens with zero attached hydrogens (tertiary/aromatic N) is 2. The molecule has 5 heteroatoms. The Labute approximate surface area is 193 Å². The second-order valence-corrected chi connectivity index (χ2v) is 8.45. The molecular formula is C28H26N2O3. The average Bonchev–Trinajstić information content (AvgIpc) is 3.34. The van der Waals surface area contributed by atoms with E-state index in [4.69, 9.17) is 4.74 Å². The zero-order valence-electron chi connectivity index (χ0n) is 19.1. The van der Waals surface area contributed by atoms with E-state index in [2.05, 4.69) is 6.07 Å². The first-order valence-electron chi connectivity index (χ1n) is 11.3. The van der Waals surface area contributed by atoms with Gasteiger partial charge in [0.05, 0.1) is 17.9 Å². The molecule has 2 aliphatic rings. The van der Waals surface area contributed by atoms with Gasteiger partial charge in [0.2, 0.25) is 0 Å². The number of carbonyl (C=O) groups is 2. The van der Waals surface area contributed by atoms with Crippen molar-refractivity contribution in [3.8, 4) is 5.75 Å². The van der Waals surface area contributed by atoms with Gasteiger partial charge in [-0.05, 0) is 73.7 Å². The number of carbonyl (C=O) groups excluding carboxylic acids is 2. The van der Waals surface area contributed by atoms with Crippen molar-refractivity contribution in [2.24, 2.45) is 0 Å². The molecule has 3 aromatic rings. The van der Waals surface area contributed by atoms with Gasteiger partial charge in [-0.1, -0.05) is 42.5 Å². The van der Waals surface area contributed by atoms with E-state index in [0.29, 0.717) is 35.7 Å². The minimum absolute atomic E-state index is 0.283. The maximum Gasteiger partial charge on any atom is 0.282 e. The van der Waals surface area contributed by atoms with Gasteiger partial charge in [0, 0.05) is 12.2 Å². The first-order valence-corrected chi connectivity index (χ1v) is 11.3. The zero-order chi connectivity index (χ0) is 23.1. The van der Waals surface area contributed by atoms with Crippen molar-refractivity contribution in [1.29, 1.82) is 0 Å². The van der Waals surface area contributed by atoms with Gasteiger partial charge in [-0.15, -0.1) is 0 Å². The topological polar surface area (TPSA) is 49.9 Å². The molecule has 0 spiro atoms. The molecule has 2 aliphatic heterocycles. The fraction of sp³-hybridized carbons (Fsp3) is 0.214. The van der Waals surface area contributed by atoms with Crippen LogP contribution in [0.25, 0.3) is 5.57 Å². The normalized spacial score (nSPS) is 15.5. The Kier molecular flexibility index (Phi) is 5.25. The van der Waals surface area contributed by atoms with Crippen LogP contribution in [0, 0.1) is 13.8 Å².